The van der Waals surface area contributed by atoms with Crippen LogP contribution in [0.2, 0.25) is 0 Å². The molecule has 19 heavy (non-hydrogen) atoms. The van der Waals surface area contributed by atoms with Gasteiger partial charge in [0.15, 0.2) is 0 Å². The van der Waals surface area contributed by atoms with E-state index >= 15 is 0 Å². The van der Waals surface area contributed by atoms with E-state index in [1.54, 1.807) is 0 Å². The molecule has 0 saturated carbocycles. The summed E-state index contributed by atoms with van der Waals surface area (Å²) in [6, 6.07) is 6.92. The van der Waals surface area contributed by atoms with Crippen LogP contribution in [-0.2, 0) is 11.2 Å². The van der Waals surface area contributed by atoms with E-state index in [1.165, 1.54) is 11.1 Å². The molecule has 0 aromatic heterocycles. The van der Waals surface area contributed by atoms with Crippen molar-refractivity contribution in [3.05, 3.63) is 29.3 Å². The standard InChI is InChI=1S/C16H23NO2/c1-16(2,3)19-12-6-4-11-5-7-14-15(13(11)10-12)18-9-8-17-14/h4,6,10,14-15,17H,5,7-9H2,1-3H3/t14-,15-/m1/s1. The van der Waals surface area contributed by atoms with Crippen LogP contribution in [0.15, 0.2) is 18.2 Å². The molecule has 3 rings (SSSR count). The highest BCUT2D eigenvalue weighted by molar-refractivity contribution is 5.40. The number of hydrogen-bond acceptors (Lipinski definition) is 3. The molecule has 1 fully saturated rings. The number of fused-ring (bicyclic) bond motifs is 3. The van der Waals surface area contributed by atoms with Crippen LogP contribution in [0, 0.1) is 0 Å². The van der Waals surface area contributed by atoms with Crippen LogP contribution in [0.1, 0.15) is 44.4 Å². The van der Waals surface area contributed by atoms with E-state index in [2.05, 4.69) is 44.3 Å². The molecule has 1 saturated heterocycles. The van der Waals surface area contributed by atoms with Gasteiger partial charge in [-0.3, -0.25) is 0 Å². The molecule has 0 amide bonds. The Morgan fingerprint density at radius 3 is 2.95 bits per heavy atom. The SMILES string of the molecule is CC(C)(C)Oc1ccc2c(c1)[C@H]1OCCN[C@@H]1CC2. The normalized spacial score (nSPS) is 26.5. The molecular weight excluding hydrogens is 238 g/mol. The van der Waals surface area contributed by atoms with Crippen molar-refractivity contribution in [3.63, 3.8) is 0 Å². The Bertz CT molecular complexity index is 464. The minimum atomic E-state index is -0.159. The molecule has 1 aliphatic carbocycles. The third kappa shape index (κ3) is 2.77. The molecule has 3 heteroatoms. The average molecular weight is 261 g/mol. The third-order valence-corrected chi connectivity index (χ3v) is 3.74. The van der Waals surface area contributed by atoms with Gasteiger partial charge < -0.3 is 14.8 Å². The lowest BCUT2D eigenvalue weighted by atomic mass is 9.85. The summed E-state index contributed by atoms with van der Waals surface area (Å²) in [4.78, 5) is 0. The van der Waals surface area contributed by atoms with Crippen molar-refractivity contribution in [2.45, 2.75) is 51.4 Å². The Morgan fingerprint density at radius 1 is 1.32 bits per heavy atom. The predicted octanol–water partition coefficient (Wildman–Crippen LogP) is 2.84. The van der Waals surface area contributed by atoms with Gasteiger partial charge in [-0.1, -0.05) is 6.07 Å². The number of benzene rings is 1. The topological polar surface area (TPSA) is 30.5 Å². The van der Waals surface area contributed by atoms with Crippen molar-refractivity contribution in [2.24, 2.45) is 0 Å². The first kappa shape index (κ1) is 12.9. The van der Waals surface area contributed by atoms with E-state index in [0.29, 0.717) is 6.04 Å². The minimum Gasteiger partial charge on any atom is -0.488 e. The first-order valence-corrected chi connectivity index (χ1v) is 7.20. The molecule has 1 heterocycles. The maximum Gasteiger partial charge on any atom is 0.120 e. The van der Waals surface area contributed by atoms with Crippen LogP contribution in [0.5, 0.6) is 5.75 Å². The molecule has 2 atom stereocenters. The number of nitrogens with one attached hydrogen (secondary N) is 1. The molecule has 2 aliphatic rings. The van der Waals surface area contributed by atoms with Crippen molar-refractivity contribution in [2.75, 3.05) is 13.2 Å². The van der Waals surface area contributed by atoms with Crippen molar-refractivity contribution < 1.29 is 9.47 Å². The zero-order valence-corrected chi connectivity index (χ0v) is 12.0. The Kier molecular flexibility index (Phi) is 3.27. The molecule has 0 bridgehead atoms. The molecule has 0 spiro atoms. The molecule has 1 aromatic rings. The van der Waals surface area contributed by atoms with Crippen LogP contribution in [0.25, 0.3) is 0 Å². The fraction of sp³-hybridized carbons (Fsp3) is 0.625. The Hall–Kier alpha value is -1.06. The molecule has 104 valence electrons. The summed E-state index contributed by atoms with van der Waals surface area (Å²) in [5.41, 5.74) is 2.56. The Labute approximate surface area is 115 Å². The van der Waals surface area contributed by atoms with Crippen LogP contribution in [0.4, 0.5) is 0 Å². The quantitative estimate of drug-likeness (QED) is 0.843. The molecule has 0 radical (unpaired) electrons. The largest absolute Gasteiger partial charge is 0.488 e. The van der Waals surface area contributed by atoms with Gasteiger partial charge in [0.1, 0.15) is 11.4 Å². The van der Waals surface area contributed by atoms with Gasteiger partial charge in [0.05, 0.1) is 12.7 Å². The van der Waals surface area contributed by atoms with E-state index in [9.17, 15) is 0 Å². The summed E-state index contributed by atoms with van der Waals surface area (Å²) >= 11 is 0. The fourth-order valence-electron chi connectivity index (χ4n) is 3.01. The number of morpholine rings is 1. The monoisotopic (exact) mass is 261 g/mol. The maximum absolute atomic E-state index is 5.98. The number of hydrogen-bond donors (Lipinski definition) is 1. The van der Waals surface area contributed by atoms with Gasteiger partial charge >= 0.3 is 0 Å². The smallest absolute Gasteiger partial charge is 0.120 e. The maximum atomic E-state index is 5.98. The first-order chi connectivity index (χ1) is 9.03. The first-order valence-electron chi connectivity index (χ1n) is 7.20. The zero-order valence-electron chi connectivity index (χ0n) is 12.0. The van der Waals surface area contributed by atoms with Gasteiger partial charge in [0, 0.05) is 12.6 Å². The minimum absolute atomic E-state index is 0.159. The highest BCUT2D eigenvalue weighted by atomic mass is 16.5. The highest BCUT2D eigenvalue weighted by Crippen LogP contribution is 2.36. The van der Waals surface area contributed by atoms with Crippen molar-refractivity contribution in [1.29, 1.82) is 0 Å². The van der Waals surface area contributed by atoms with E-state index in [0.717, 1.165) is 31.7 Å². The van der Waals surface area contributed by atoms with E-state index in [1.807, 2.05) is 0 Å². The van der Waals surface area contributed by atoms with E-state index < -0.39 is 0 Å². The average Bonchev–Trinajstić information content (AvgIpc) is 2.37. The molecule has 1 aromatic carbocycles. The predicted molar refractivity (Wildman–Crippen MR) is 75.6 cm³/mol. The van der Waals surface area contributed by atoms with Crippen molar-refractivity contribution in [3.8, 4) is 5.75 Å². The summed E-state index contributed by atoms with van der Waals surface area (Å²) in [7, 11) is 0. The second-order valence-corrected chi connectivity index (χ2v) is 6.47. The summed E-state index contributed by atoms with van der Waals surface area (Å²) in [6.07, 6.45) is 2.49. The molecular formula is C16H23NO2. The van der Waals surface area contributed by atoms with Crippen LogP contribution >= 0.6 is 0 Å². The Balaban J connectivity index is 1.90. The number of aryl methyl sites for hydroxylation is 1. The van der Waals surface area contributed by atoms with Crippen LogP contribution in [-0.4, -0.2) is 24.8 Å². The van der Waals surface area contributed by atoms with Gasteiger partial charge in [-0.2, -0.15) is 0 Å². The summed E-state index contributed by atoms with van der Waals surface area (Å²) in [6.45, 7) is 8.00. The lowest BCUT2D eigenvalue weighted by Gasteiger charge is -2.38. The van der Waals surface area contributed by atoms with Gasteiger partial charge in [0.25, 0.3) is 0 Å². The lowest BCUT2D eigenvalue weighted by Crippen LogP contribution is -2.45. The van der Waals surface area contributed by atoms with Gasteiger partial charge in [-0.05, 0) is 56.9 Å². The summed E-state index contributed by atoms with van der Waals surface area (Å²) < 4.78 is 11.9. The lowest BCUT2D eigenvalue weighted by molar-refractivity contribution is -0.0130. The van der Waals surface area contributed by atoms with Crippen LogP contribution < -0.4 is 10.1 Å². The highest BCUT2D eigenvalue weighted by Gasteiger charge is 2.32. The van der Waals surface area contributed by atoms with Crippen LogP contribution in [0.3, 0.4) is 0 Å². The molecule has 1 N–H and O–H groups in total. The van der Waals surface area contributed by atoms with Gasteiger partial charge in [0.2, 0.25) is 0 Å². The van der Waals surface area contributed by atoms with E-state index in [-0.39, 0.29) is 11.7 Å². The number of rotatable bonds is 1. The zero-order chi connectivity index (χ0) is 13.5. The van der Waals surface area contributed by atoms with E-state index in [4.69, 9.17) is 9.47 Å². The summed E-state index contributed by atoms with van der Waals surface area (Å²) in [5.74, 6) is 0.945. The summed E-state index contributed by atoms with van der Waals surface area (Å²) in [5, 5.41) is 3.56. The Morgan fingerprint density at radius 2 is 2.16 bits per heavy atom. The third-order valence-electron chi connectivity index (χ3n) is 3.74. The van der Waals surface area contributed by atoms with Crippen molar-refractivity contribution >= 4 is 0 Å². The number of ether oxygens (including phenoxy) is 2. The molecule has 0 unspecified atom stereocenters. The second-order valence-electron chi connectivity index (χ2n) is 6.47. The van der Waals surface area contributed by atoms with Gasteiger partial charge in [-0.15, -0.1) is 0 Å². The van der Waals surface area contributed by atoms with Crippen molar-refractivity contribution in [1.82, 2.24) is 5.32 Å². The molecule has 3 nitrogen and oxygen atoms in total. The molecule has 1 aliphatic heterocycles. The second kappa shape index (κ2) is 4.80. The van der Waals surface area contributed by atoms with Gasteiger partial charge in [-0.25, -0.2) is 0 Å². The fourth-order valence-corrected chi connectivity index (χ4v) is 3.01.